The van der Waals surface area contributed by atoms with Crippen molar-refractivity contribution < 1.29 is 13.2 Å². The molecular weight excluding hydrogens is 446 g/mol. The zero-order valence-electron chi connectivity index (χ0n) is 18.4. The number of oxazole rings is 1. The molecule has 0 spiro atoms. The van der Waals surface area contributed by atoms with Crippen LogP contribution in [-0.2, 0) is 6.54 Å². The van der Waals surface area contributed by atoms with E-state index in [-0.39, 0.29) is 11.4 Å². The molecule has 2 aliphatic heterocycles. The maximum atomic E-state index is 14.2. The van der Waals surface area contributed by atoms with Crippen LogP contribution in [0.1, 0.15) is 5.56 Å². The Balaban J connectivity index is 1.21. The van der Waals surface area contributed by atoms with E-state index in [0.717, 1.165) is 34.1 Å². The second-order valence-corrected chi connectivity index (χ2v) is 8.18. The molecule has 0 bridgehead atoms. The fourth-order valence-electron chi connectivity index (χ4n) is 4.05. The zero-order chi connectivity index (χ0) is 23.8. The summed E-state index contributed by atoms with van der Waals surface area (Å²) in [7, 11) is 0. The zero-order valence-corrected chi connectivity index (χ0v) is 18.4. The van der Waals surface area contributed by atoms with E-state index in [1.165, 1.54) is 18.5 Å². The Hall–Kier alpha value is -4.65. The lowest BCUT2D eigenvalue weighted by Gasteiger charge is -2.09. The van der Waals surface area contributed by atoms with Crippen LogP contribution >= 0.6 is 0 Å². The Kier molecular flexibility index (Phi) is 5.15. The Morgan fingerprint density at radius 1 is 0.771 bits per heavy atom. The first kappa shape index (κ1) is 20.9. The van der Waals surface area contributed by atoms with Crippen molar-refractivity contribution in [2.75, 3.05) is 0 Å². The van der Waals surface area contributed by atoms with Crippen molar-refractivity contribution in [3.05, 3.63) is 115 Å². The summed E-state index contributed by atoms with van der Waals surface area (Å²) < 4.78 is 35.1. The molecule has 0 aliphatic carbocycles. The lowest BCUT2D eigenvalue weighted by molar-refractivity contribution is 0.510. The first-order valence-electron chi connectivity index (χ1n) is 11.0. The maximum absolute atomic E-state index is 14.2. The largest absolute Gasteiger partial charge is 0.444 e. The second kappa shape index (κ2) is 8.61. The topological polar surface area (TPSA) is 56.7 Å². The van der Waals surface area contributed by atoms with E-state index in [2.05, 4.69) is 51.4 Å². The van der Waals surface area contributed by atoms with Gasteiger partial charge in [0.05, 0.1) is 17.5 Å². The Morgan fingerprint density at radius 3 is 2.23 bits per heavy atom. The van der Waals surface area contributed by atoms with Gasteiger partial charge in [0.15, 0.2) is 29.6 Å². The standard InChI is InChI=1S/C28H18F2N4O/c29-23-3-1-2-22(27(23)30)28-32-24-12-13-34(16-25(24)33-28)15-18-4-6-19(7-5-18)20-8-10-21(11-9-20)26-14-31-17-35-26/h1-14,16-17H,15H2. The predicted molar refractivity (Wildman–Crippen MR) is 128 cm³/mol. The lowest BCUT2D eigenvalue weighted by atomic mass is 10.0. The van der Waals surface area contributed by atoms with Gasteiger partial charge in [0.25, 0.3) is 0 Å². The second-order valence-electron chi connectivity index (χ2n) is 8.18. The van der Waals surface area contributed by atoms with Gasteiger partial charge < -0.3 is 8.98 Å². The van der Waals surface area contributed by atoms with Crippen LogP contribution in [-0.4, -0.2) is 19.5 Å². The average Bonchev–Trinajstić information content (AvgIpc) is 3.57. The third kappa shape index (κ3) is 4.08. The van der Waals surface area contributed by atoms with Gasteiger partial charge in [0.1, 0.15) is 5.69 Å². The normalized spacial score (nSPS) is 11.3. The summed E-state index contributed by atoms with van der Waals surface area (Å²) >= 11 is 0. The highest BCUT2D eigenvalue weighted by Crippen LogP contribution is 2.28. The van der Waals surface area contributed by atoms with Crippen molar-refractivity contribution in [1.82, 2.24) is 19.5 Å². The van der Waals surface area contributed by atoms with E-state index in [9.17, 15) is 8.78 Å². The van der Waals surface area contributed by atoms with Crippen LogP contribution in [0.25, 0.3) is 45.2 Å². The molecule has 0 N–H and O–H groups in total. The quantitative estimate of drug-likeness (QED) is 0.285. The fraction of sp³-hybridized carbons (Fsp3) is 0.0357. The lowest BCUT2D eigenvalue weighted by Crippen LogP contribution is -2.00. The average molecular weight is 464 g/mol. The van der Waals surface area contributed by atoms with E-state index in [1.807, 2.05) is 35.2 Å². The van der Waals surface area contributed by atoms with Crippen molar-refractivity contribution >= 4 is 0 Å². The molecule has 0 fully saturated rings. The molecule has 3 heterocycles. The van der Waals surface area contributed by atoms with Crippen LogP contribution in [0.5, 0.6) is 0 Å². The number of pyridine rings is 1. The van der Waals surface area contributed by atoms with Crippen molar-refractivity contribution in [3.63, 3.8) is 0 Å². The third-order valence-corrected chi connectivity index (χ3v) is 5.87. The highest BCUT2D eigenvalue weighted by molar-refractivity contribution is 5.68. The first-order valence-corrected chi connectivity index (χ1v) is 11.0. The van der Waals surface area contributed by atoms with Crippen molar-refractivity contribution in [2.24, 2.45) is 0 Å². The molecule has 2 aliphatic rings. The molecule has 0 radical (unpaired) electrons. The van der Waals surface area contributed by atoms with Gasteiger partial charge in [-0.1, -0.05) is 54.6 Å². The van der Waals surface area contributed by atoms with Gasteiger partial charge in [-0.25, -0.2) is 23.7 Å². The highest BCUT2D eigenvalue weighted by Gasteiger charge is 2.17. The van der Waals surface area contributed by atoms with Crippen molar-refractivity contribution in [3.8, 4) is 45.2 Å². The minimum absolute atomic E-state index is 0.0530. The molecule has 0 atom stereocenters. The molecule has 170 valence electrons. The van der Waals surface area contributed by atoms with E-state index >= 15 is 0 Å². The third-order valence-electron chi connectivity index (χ3n) is 5.87. The van der Waals surface area contributed by atoms with E-state index < -0.39 is 11.6 Å². The molecule has 0 saturated heterocycles. The summed E-state index contributed by atoms with van der Waals surface area (Å²) in [6.45, 7) is 0.636. The number of fused-ring (bicyclic) bond motifs is 1. The van der Waals surface area contributed by atoms with Crippen LogP contribution in [0.2, 0.25) is 0 Å². The van der Waals surface area contributed by atoms with E-state index in [0.29, 0.717) is 17.9 Å². The number of aromatic nitrogens is 4. The minimum Gasteiger partial charge on any atom is -0.444 e. The smallest absolute Gasteiger partial charge is 0.181 e. The summed E-state index contributed by atoms with van der Waals surface area (Å²) in [5, 5.41) is 0. The predicted octanol–water partition coefficient (Wildman–Crippen LogP) is 6.70. The molecule has 0 saturated carbocycles. The molecule has 4 aromatic rings. The number of nitrogens with zero attached hydrogens (tertiary/aromatic N) is 4. The van der Waals surface area contributed by atoms with Crippen LogP contribution < -0.4 is 0 Å². The summed E-state index contributed by atoms with van der Waals surface area (Å²) in [5.74, 6) is -0.943. The van der Waals surface area contributed by atoms with Gasteiger partial charge in [0, 0.05) is 24.5 Å². The highest BCUT2D eigenvalue weighted by atomic mass is 19.2. The monoisotopic (exact) mass is 464 g/mol. The van der Waals surface area contributed by atoms with Crippen molar-refractivity contribution in [2.45, 2.75) is 6.54 Å². The van der Waals surface area contributed by atoms with Gasteiger partial charge >= 0.3 is 0 Å². The fourth-order valence-corrected chi connectivity index (χ4v) is 4.05. The number of benzene rings is 3. The molecule has 5 nitrogen and oxygen atoms in total. The maximum Gasteiger partial charge on any atom is 0.181 e. The summed E-state index contributed by atoms with van der Waals surface area (Å²) in [5.41, 5.74) is 5.62. The van der Waals surface area contributed by atoms with Gasteiger partial charge in [-0.2, -0.15) is 0 Å². The summed E-state index contributed by atoms with van der Waals surface area (Å²) in [6, 6.07) is 22.3. The molecule has 3 aromatic carbocycles. The van der Waals surface area contributed by atoms with E-state index in [1.54, 1.807) is 6.20 Å². The minimum atomic E-state index is -0.941. The summed E-state index contributed by atoms with van der Waals surface area (Å²) in [4.78, 5) is 12.7. The molecule has 0 amide bonds. The summed E-state index contributed by atoms with van der Waals surface area (Å²) in [6.07, 6.45) is 6.88. The number of hydrogen-bond donors (Lipinski definition) is 0. The Labute approximate surface area is 199 Å². The number of rotatable bonds is 5. The van der Waals surface area contributed by atoms with Gasteiger partial charge in [0.2, 0.25) is 0 Å². The van der Waals surface area contributed by atoms with Gasteiger partial charge in [-0.15, -0.1) is 0 Å². The van der Waals surface area contributed by atoms with Gasteiger partial charge in [-0.05, 0) is 34.9 Å². The van der Waals surface area contributed by atoms with Gasteiger partial charge in [-0.3, -0.25) is 0 Å². The van der Waals surface area contributed by atoms with Crippen LogP contribution in [0.4, 0.5) is 8.78 Å². The van der Waals surface area contributed by atoms with E-state index in [4.69, 9.17) is 4.42 Å². The first-order chi connectivity index (χ1) is 17.1. The number of hydrogen-bond acceptors (Lipinski definition) is 4. The number of halogens is 2. The molecule has 6 rings (SSSR count). The van der Waals surface area contributed by atoms with Crippen molar-refractivity contribution in [1.29, 1.82) is 0 Å². The molecule has 0 unspecified atom stereocenters. The SMILES string of the molecule is Fc1cccc(-c2nc3ccn(Cc4ccc(-c5ccc(-c6cnco6)cc5)cc4)cc-3n2)c1F. The van der Waals surface area contributed by atoms with Crippen LogP contribution in [0.15, 0.2) is 102 Å². The molecule has 1 aromatic heterocycles. The van der Waals surface area contributed by atoms with Crippen LogP contribution in [0.3, 0.4) is 0 Å². The Morgan fingerprint density at radius 2 is 1.49 bits per heavy atom. The number of imidazole rings is 1. The molecule has 7 heteroatoms. The van der Waals surface area contributed by atoms with Crippen LogP contribution in [0, 0.1) is 11.6 Å². The Bertz CT molecular complexity index is 1570. The molecule has 35 heavy (non-hydrogen) atoms. The molecular formula is C28H18F2N4O.